The van der Waals surface area contributed by atoms with Crippen molar-refractivity contribution in [3.63, 3.8) is 0 Å². The highest BCUT2D eigenvalue weighted by atomic mass is 32.3. The van der Waals surface area contributed by atoms with Crippen molar-refractivity contribution in [2.75, 3.05) is 31.1 Å². The SMILES string of the molecule is CCCCNCCS(=O)(=O)OS(=O)(=O)CCN. The van der Waals surface area contributed by atoms with E-state index in [0.717, 1.165) is 12.8 Å². The van der Waals surface area contributed by atoms with E-state index in [0.29, 0.717) is 6.54 Å². The highest BCUT2D eigenvalue weighted by Crippen LogP contribution is 2.01. The van der Waals surface area contributed by atoms with Crippen LogP contribution in [-0.4, -0.2) is 48.0 Å². The van der Waals surface area contributed by atoms with E-state index in [4.69, 9.17) is 5.73 Å². The predicted molar refractivity (Wildman–Crippen MR) is 65.5 cm³/mol. The Morgan fingerprint density at radius 1 is 1.06 bits per heavy atom. The lowest BCUT2D eigenvalue weighted by Crippen LogP contribution is -2.28. The van der Waals surface area contributed by atoms with Gasteiger partial charge in [0.15, 0.2) is 0 Å². The number of nitrogens with two attached hydrogens (primary N) is 1. The zero-order valence-corrected chi connectivity index (χ0v) is 11.5. The van der Waals surface area contributed by atoms with Crippen LogP contribution >= 0.6 is 0 Å². The van der Waals surface area contributed by atoms with Crippen molar-refractivity contribution in [3.05, 3.63) is 0 Å². The molecule has 3 N–H and O–H groups in total. The number of hydrogen-bond acceptors (Lipinski definition) is 7. The molecule has 0 aliphatic heterocycles. The summed E-state index contributed by atoms with van der Waals surface area (Å²) >= 11 is 0. The number of nitrogens with one attached hydrogen (secondary N) is 1. The number of unbranched alkanes of at least 4 members (excludes halogenated alkanes) is 1. The van der Waals surface area contributed by atoms with Gasteiger partial charge in [0, 0.05) is 13.1 Å². The van der Waals surface area contributed by atoms with Crippen molar-refractivity contribution >= 4 is 20.2 Å². The summed E-state index contributed by atoms with van der Waals surface area (Å²) in [6, 6.07) is 0. The summed E-state index contributed by atoms with van der Waals surface area (Å²) < 4.78 is 48.8. The first-order chi connectivity index (χ1) is 7.83. The molecule has 0 atom stereocenters. The van der Waals surface area contributed by atoms with Crippen molar-refractivity contribution in [1.29, 1.82) is 0 Å². The molecule has 0 aromatic carbocycles. The Morgan fingerprint density at radius 2 is 1.65 bits per heavy atom. The lowest BCUT2D eigenvalue weighted by atomic mass is 10.3. The Bertz CT molecular complexity index is 390. The second kappa shape index (κ2) is 7.98. The first-order valence-electron chi connectivity index (χ1n) is 5.40. The van der Waals surface area contributed by atoms with Gasteiger partial charge in [0.1, 0.15) is 0 Å². The van der Waals surface area contributed by atoms with Gasteiger partial charge in [-0.15, -0.1) is 3.63 Å². The third kappa shape index (κ3) is 9.48. The molecule has 0 rings (SSSR count). The fraction of sp³-hybridized carbons (Fsp3) is 1.00. The van der Waals surface area contributed by atoms with Crippen LogP contribution in [-0.2, 0) is 23.9 Å². The topological polar surface area (TPSA) is 116 Å². The van der Waals surface area contributed by atoms with Crippen molar-refractivity contribution in [2.45, 2.75) is 19.8 Å². The maximum Gasteiger partial charge on any atom is 0.283 e. The maximum absolute atomic E-state index is 11.3. The van der Waals surface area contributed by atoms with Gasteiger partial charge in [0.05, 0.1) is 11.5 Å². The summed E-state index contributed by atoms with van der Waals surface area (Å²) in [5, 5.41) is 2.88. The fourth-order valence-electron chi connectivity index (χ4n) is 0.994. The molecule has 0 aromatic rings. The van der Waals surface area contributed by atoms with Crippen LogP contribution in [0, 0.1) is 0 Å². The van der Waals surface area contributed by atoms with Crippen molar-refractivity contribution < 1.29 is 20.5 Å². The Balaban J connectivity index is 4.05. The zero-order chi connectivity index (χ0) is 13.4. The molecule has 9 heteroatoms. The lowest BCUT2D eigenvalue weighted by Gasteiger charge is -2.06. The Kier molecular flexibility index (Phi) is 7.88. The van der Waals surface area contributed by atoms with E-state index < -0.39 is 26.0 Å². The molecule has 0 radical (unpaired) electrons. The van der Waals surface area contributed by atoms with Gasteiger partial charge in [-0.05, 0) is 13.0 Å². The molecule has 0 heterocycles. The molecule has 7 nitrogen and oxygen atoms in total. The minimum atomic E-state index is -4.08. The molecule has 104 valence electrons. The predicted octanol–water partition coefficient (Wildman–Crippen LogP) is -0.989. The Morgan fingerprint density at radius 3 is 2.18 bits per heavy atom. The van der Waals surface area contributed by atoms with E-state index in [1.807, 2.05) is 6.92 Å². The zero-order valence-electron chi connectivity index (χ0n) is 9.88. The lowest BCUT2D eigenvalue weighted by molar-refractivity contribution is 0.460. The van der Waals surface area contributed by atoms with Crippen LogP contribution in [0.15, 0.2) is 0 Å². The largest absolute Gasteiger partial charge is 0.329 e. The second-order valence-electron chi connectivity index (χ2n) is 3.48. The highest BCUT2D eigenvalue weighted by molar-refractivity contribution is 7.99. The van der Waals surface area contributed by atoms with Crippen LogP contribution in [0.4, 0.5) is 0 Å². The first kappa shape index (κ1) is 16.8. The van der Waals surface area contributed by atoms with Crippen LogP contribution in [0.1, 0.15) is 19.8 Å². The van der Waals surface area contributed by atoms with Gasteiger partial charge in [0.25, 0.3) is 20.2 Å². The normalized spacial score (nSPS) is 12.8. The summed E-state index contributed by atoms with van der Waals surface area (Å²) in [5.74, 6) is -0.879. The van der Waals surface area contributed by atoms with Crippen molar-refractivity contribution in [3.8, 4) is 0 Å². The van der Waals surface area contributed by atoms with Crippen LogP contribution in [0.5, 0.6) is 0 Å². The van der Waals surface area contributed by atoms with Crippen molar-refractivity contribution in [2.24, 2.45) is 5.73 Å². The molecule has 0 bridgehead atoms. The molecule has 0 amide bonds. The van der Waals surface area contributed by atoms with Crippen molar-refractivity contribution in [1.82, 2.24) is 5.32 Å². The van der Waals surface area contributed by atoms with Gasteiger partial charge >= 0.3 is 0 Å². The van der Waals surface area contributed by atoms with Gasteiger partial charge in [-0.1, -0.05) is 13.3 Å². The standard InChI is InChI=1S/C8H20N2O5S2/c1-2-3-5-10-6-8-17(13,14)15-16(11,12)7-4-9/h10H,2-9H2,1H3. The molecular formula is C8H20N2O5S2. The fourth-order valence-corrected chi connectivity index (χ4v) is 3.49. The number of rotatable bonds is 10. The monoisotopic (exact) mass is 288 g/mol. The summed E-state index contributed by atoms with van der Waals surface area (Å²) in [6.45, 7) is 2.70. The summed E-state index contributed by atoms with van der Waals surface area (Å²) in [5.41, 5.74) is 5.02. The molecule has 0 saturated heterocycles. The second-order valence-corrected chi connectivity index (χ2v) is 7.08. The Hall–Kier alpha value is -0.220. The summed E-state index contributed by atoms with van der Waals surface area (Å²) in [4.78, 5) is 0. The van der Waals surface area contributed by atoms with E-state index in [2.05, 4.69) is 8.95 Å². The molecule has 0 aliphatic carbocycles. The molecule has 0 saturated carbocycles. The van der Waals surface area contributed by atoms with Crippen LogP contribution in [0.2, 0.25) is 0 Å². The molecule has 0 unspecified atom stereocenters. The van der Waals surface area contributed by atoms with E-state index in [-0.39, 0.29) is 18.8 Å². The highest BCUT2D eigenvalue weighted by Gasteiger charge is 2.21. The van der Waals surface area contributed by atoms with Gasteiger partial charge in [-0.25, -0.2) is 0 Å². The van der Waals surface area contributed by atoms with Crippen LogP contribution < -0.4 is 11.1 Å². The molecule has 0 aromatic heterocycles. The quantitative estimate of drug-likeness (QED) is 0.496. The molecule has 17 heavy (non-hydrogen) atoms. The summed E-state index contributed by atoms with van der Waals surface area (Å²) in [6.07, 6.45) is 1.94. The van der Waals surface area contributed by atoms with E-state index in [9.17, 15) is 16.8 Å². The van der Waals surface area contributed by atoms with E-state index in [1.54, 1.807) is 0 Å². The third-order valence-electron chi connectivity index (χ3n) is 1.81. The third-order valence-corrected chi connectivity index (χ3v) is 4.91. The van der Waals surface area contributed by atoms with Crippen LogP contribution in [0.25, 0.3) is 0 Å². The van der Waals surface area contributed by atoms with E-state index >= 15 is 0 Å². The maximum atomic E-state index is 11.3. The van der Waals surface area contributed by atoms with E-state index in [1.165, 1.54) is 0 Å². The average molecular weight is 288 g/mol. The molecule has 0 fully saturated rings. The van der Waals surface area contributed by atoms with Gasteiger partial charge < -0.3 is 11.1 Å². The van der Waals surface area contributed by atoms with Crippen LogP contribution in [0.3, 0.4) is 0 Å². The Labute approximate surface area is 103 Å². The first-order valence-corrected chi connectivity index (χ1v) is 8.55. The molecule has 0 aliphatic rings. The van der Waals surface area contributed by atoms with Gasteiger partial charge in [-0.2, -0.15) is 16.8 Å². The molecular weight excluding hydrogens is 268 g/mol. The minimum absolute atomic E-state index is 0.167. The van der Waals surface area contributed by atoms with Gasteiger partial charge in [0.2, 0.25) is 0 Å². The minimum Gasteiger partial charge on any atom is -0.329 e. The smallest absolute Gasteiger partial charge is 0.283 e. The summed E-state index contributed by atoms with van der Waals surface area (Å²) in [7, 11) is -8.13. The molecule has 0 spiro atoms. The number of hydrogen-bond donors (Lipinski definition) is 2. The average Bonchev–Trinajstić information content (AvgIpc) is 2.15. The van der Waals surface area contributed by atoms with Gasteiger partial charge in [-0.3, -0.25) is 0 Å².